The van der Waals surface area contributed by atoms with Crippen molar-refractivity contribution in [3.8, 4) is 0 Å². The molecule has 0 spiro atoms. The highest BCUT2D eigenvalue weighted by Gasteiger charge is 2.32. The van der Waals surface area contributed by atoms with Crippen LogP contribution < -0.4 is 10.6 Å². The number of hydrogen-bond acceptors (Lipinski definition) is 4. The van der Waals surface area contributed by atoms with E-state index in [2.05, 4.69) is 10.6 Å². The van der Waals surface area contributed by atoms with Crippen LogP contribution in [-0.4, -0.2) is 41.8 Å². The molecule has 1 aromatic heterocycles. The second-order valence-electron chi connectivity index (χ2n) is 8.68. The summed E-state index contributed by atoms with van der Waals surface area (Å²) in [6, 6.07) is 7.54. The lowest BCUT2D eigenvalue weighted by atomic mass is 9.94. The first kappa shape index (κ1) is 25.1. The number of furan rings is 1. The van der Waals surface area contributed by atoms with Crippen LogP contribution in [0.1, 0.15) is 49.2 Å². The molecule has 1 aliphatic heterocycles. The van der Waals surface area contributed by atoms with Crippen LogP contribution in [0.5, 0.6) is 0 Å². The molecule has 7 nitrogen and oxygen atoms in total. The lowest BCUT2D eigenvalue weighted by Crippen LogP contribution is -2.52. The van der Waals surface area contributed by atoms with Crippen molar-refractivity contribution in [2.45, 2.75) is 45.7 Å². The number of piperidine rings is 1. The van der Waals surface area contributed by atoms with Gasteiger partial charge in [0.15, 0.2) is 0 Å². The smallest absolute Gasteiger partial charge is 0.253 e. The zero-order valence-electron chi connectivity index (χ0n) is 18.8. The van der Waals surface area contributed by atoms with E-state index >= 15 is 0 Å². The van der Waals surface area contributed by atoms with Crippen molar-refractivity contribution in [1.82, 2.24) is 15.5 Å². The number of nitrogens with zero attached hydrogens (tertiary/aromatic N) is 1. The molecular formula is C24H29Cl2N3O4. The summed E-state index contributed by atoms with van der Waals surface area (Å²) in [6.07, 6.45) is 3.21. The largest absolute Gasteiger partial charge is 0.467 e. The van der Waals surface area contributed by atoms with Crippen LogP contribution in [0.3, 0.4) is 0 Å². The van der Waals surface area contributed by atoms with Gasteiger partial charge in [-0.1, -0.05) is 37.0 Å². The highest BCUT2D eigenvalue weighted by molar-refractivity contribution is 6.36. The van der Waals surface area contributed by atoms with Crippen molar-refractivity contribution in [3.05, 3.63) is 58.0 Å². The Morgan fingerprint density at radius 1 is 1.15 bits per heavy atom. The van der Waals surface area contributed by atoms with Gasteiger partial charge in [-0.3, -0.25) is 14.4 Å². The van der Waals surface area contributed by atoms with Gasteiger partial charge >= 0.3 is 0 Å². The first-order valence-corrected chi connectivity index (χ1v) is 11.8. The number of carbonyl (C=O) groups is 3. The average molecular weight is 494 g/mol. The monoisotopic (exact) mass is 493 g/mol. The highest BCUT2D eigenvalue weighted by atomic mass is 35.5. The van der Waals surface area contributed by atoms with Crippen molar-refractivity contribution < 1.29 is 18.8 Å². The molecule has 1 fully saturated rings. The lowest BCUT2D eigenvalue weighted by molar-refractivity contribution is -0.137. The summed E-state index contributed by atoms with van der Waals surface area (Å²) >= 11 is 12.1. The number of likely N-dealkylation sites (tertiary alicyclic amines) is 1. The van der Waals surface area contributed by atoms with E-state index in [9.17, 15) is 14.4 Å². The zero-order valence-corrected chi connectivity index (χ0v) is 20.3. The molecule has 1 atom stereocenters. The van der Waals surface area contributed by atoms with E-state index in [1.165, 1.54) is 6.07 Å². The maximum absolute atomic E-state index is 13.2. The molecule has 1 aliphatic rings. The van der Waals surface area contributed by atoms with Crippen LogP contribution in [0.25, 0.3) is 0 Å². The Morgan fingerprint density at radius 2 is 1.88 bits per heavy atom. The van der Waals surface area contributed by atoms with Gasteiger partial charge in [0.1, 0.15) is 11.8 Å². The minimum absolute atomic E-state index is 0.0390. The molecule has 178 valence electrons. The molecule has 0 aliphatic carbocycles. The van der Waals surface area contributed by atoms with Crippen LogP contribution >= 0.6 is 23.2 Å². The van der Waals surface area contributed by atoms with Crippen LogP contribution in [0, 0.1) is 11.8 Å². The summed E-state index contributed by atoms with van der Waals surface area (Å²) < 4.78 is 5.24. The number of amides is 3. The standard InChI is InChI=1S/C24H29Cl2N3O4/c1-15(2)12-21(28-23(31)19-6-5-17(25)13-20(19)26)24(32)29-9-7-16(8-10-29)22(30)27-14-18-4-3-11-33-18/h3-6,11,13,15-16,21H,7-10,12,14H2,1-2H3,(H,27,30)(H,28,31). The molecule has 0 saturated carbocycles. The number of rotatable bonds is 8. The van der Waals surface area contributed by atoms with Crippen LogP contribution in [-0.2, 0) is 16.1 Å². The number of benzene rings is 1. The van der Waals surface area contributed by atoms with Gasteiger partial charge in [-0.25, -0.2) is 0 Å². The molecule has 0 radical (unpaired) electrons. The van der Waals surface area contributed by atoms with Crippen LogP contribution in [0.4, 0.5) is 0 Å². The quantitative estimate of drug-likeness (QED) is 0.573. The fraction of sp³-hybridized carbons (Fsp3) is 0.458. The molecule has 1 saturated heterocycles. The predicted molar refractivity (Wildman–Crippen MR) is 127 cm³/mol. The zero-order chi connectivity index (χ0) is 24.0. The molecule has 3 amide bonds. The third-order valence-electron chi connectivity index (χ3n) is 5.68. The van der Waals surface area contributed by atoms with Gasteiger partial charge in [0.05, 0.1) is 23.4 Å². The highest BCUT2D eigenvalue weighted by Crippen LogP contribution is 2.23. The summed E-state index contributed by atoms with van der Waals surface area (Å²) in [6.45, 7) is 5.27. The third-order valence-corrected chi connectivity index (χ3v) is 6.23. The SMILES string of the molecule is CC(C)CC(NC(=O)c1ccc(Cl)cc1Cl)C(=O)N1CCC(C(=O)NCc2ccco2)CC1. The molecule has 3 rings (SSSR count). The van der Waals surface area contributed by atoms with Crippen molar-refractivity contribution in [1.29, 1.82) is 0 Å². The number of hydrogen-bond donors (Lipinski definition) is 2. The summed E-state index contributed by atoms with van der Waals surface area (Å²) in [7, 11) is 0. The third kappa shape index (κ3) is 6.98. The van der Waals surface area contributed by atoms with E-state index < -0.39 is 11.9 Å². The van der Waals surface area contributed by atoms with Gasteiger partial charge in [-0.05, 0) is 55.5 Å². The van der Waals surface area contributed by atoms with Crippen molar-refractivity contribution in [2.75, 3.05) is 13.1 Å². The van der Waals surface area contributed by atoms with E-state index in [0.717, 1.165) is 0 Å². The molecule has 9 heteroatoms. The molecule has 2 heterocycles. The van der Waals surface area contributed by atoms with Gasteiger partial charge < -0.3 is 20.0 Å². The van der Waals surface area contributed by atoms with Crippen molar-refractivity contribution >= 4 is 40.9 Å². The number of halogens is 2. The molecule has 0 bridgehead atoms. The van der Waals surface area contributed by atoms with E-state index in [1.54, 1.807) is 29.4 Å². The van der Waals surface area contributed by atoms with Gasteiger partial charge in [0.2, 0.25) is 11.8 Å². The van der Waals surface area contributed by atoms with Crippen LogP contribution in [0.15, 0.2) is 41.0 Å². The molecule has 1 unspecified atom stereocenters. The Kier molecular flexibility index (Phi) is 8.80. The van der Waals surface area contributed by atoms with Gasteiger partial charge in [0.25, 0.3) is 5.91 Å². The Hall–Kier alpha value is -2.51. The van der Waals surface area contributed by atoms with Gasteiger partial charge in [-0.2, -0.15) is 0 Å². The summed E-state index contributed by atoms with van der Waals surface area (Å²) in [4.78, 5) is 40.2. The van der Waals surface area contributed by atoms with E-state index in [4.69, 9.17) is 27.6 Å². The topological polar surface area (TPSA) is 91.7 Å². The second-order valence-corrected chi connectivity index (χ2v) is 9.52. The summed E-state index contributed by atoms with van der Waals surface area (Å²) in [5, 5.41) is 6.40. The molecular weight excluding hydrogens is 465 g/mol. The first-order valence-electron chi connectivity index (χ1n) is 11.1. The fourth-order valence-electron chi connectivity index (χ4n) is 3.92. The van der Waals surface area contributed by atoms with Crippen molar-refractivity contribution in [3.63, 3.8) is 0 Å². The average Bonchev–Trinajstić information content (AvgIpc) is 3.30. The summed E-state index contributed by atoms with van der Waals surface area (Å²) in [5.41, 5.74) is 0.273. The number of carbonyl (C=O) groups excluding carboxylic acids is 3. The van der Waals surface area contributed by atoms with Crippen molar-refractivity contribution in [2.24, 2.45) is 11.8 Å². The normalized spacial score (nSPS) is 15.4. The Bertz CT molecular complexity index is 970. The molecule has 2 N–H and O–H groups in total. The maximum atomic E-state index is 13.2. The van der Waals surface area contributed by atoms with E-state index in [0.29, 0.717) is 49.7 Å². The first-order chi connectivity index (χ1) is 15.7. The lowest BCUT2D eigenvalue weighted by Gasteiger charge is -2.34. The minimum Gasteiger partial charge on any atom is -0.467 e. The Labute approximate surface area is 203 Å². The summed E-state index contributed by atoms with van der Waals surface area (Å²) in [5.74, 6) is 0.145. The minimum atomic E-state index is -0.673. The van der Waals surface area contributed by atoms with Crippen LogP contribution in [0.2, 0.25) is 10.0 Å². The van der Waals surface area contributed by atoms with E-state index in [1.807, 2.05) is 19.9 Å². The Morgan fingerprint density at radius 3 is 2.48 bits per heavy atom. The maximum Gasteiger partial charge on any atom is 0.253 e. The molecule has 1 aromatic carbocycles. The second kappa shape index (κ2) is 11.6. The van der Waals surface area contributed by atoms with Gasteiger partial charge in [0, 0.05) is 24.0 Å². The number of nitrogens with one attached hydrogen (secondary N) is 2. The van der Waals surface area contributed by atoms with Gasteiger partial charge in [-0.15, -0.1) is 0 Å². The van der Waals surface area contributed by atoms with E-state index in [-0.39, 0.29) is 34.2 Å². The fourth-order valence-corrected chi connectivity index (χ4v) is 4.41. The predicted octanol–water partition coefficient (Wildman–Crippen LogP) is 4.29. The molecule has 33 heavy (non-hydrogen) atoms. The Balaban J connectivity index is 1.57. The molecule has 2 aromatic rings.